The van der Waals surface area contributed by atoms with Crippen LogP contribution in [0, 0.1) is 0 Å². The van der Waals surface area contributed by atoms with Crippen LogP contribution >= 0.6 is 0 Å². The molecule has 0 aliphatic heterocycles. The van der Waals surface area contributed by atoms with Crippen LogP contribution < -0.4 is 0 Å². The molecule has 326 valence electrons. The molecule has 0 spiro atoms. The van der Waals surface area contributed by atoms with Crippen molar-refractivity contribution in [2.75, 3.05) is 0 Å². The number of benzene rings is 10. The van der Waals surface area contributed by atoms with Crippen LogP contribution in [0.15, 0.2) is 237 Å². The van der Waals surface area contributed by atoms with Crippen molar-refractivity contribution in [2.45, 2.75) is 0 Å². The highest BCUT2D eigenvalue weighted by Crippen LogP contribution is 2.42. The molecule has 0 atom stereocenters. The number of aromatic nitrogens is 7. The van der Waals surface area contributed by atoms with Crippen molar-refractivity contribution in [1.82, 2.24) is 33.2 Å². The van der Waals surface area contributed by atoms with Gasteiger partial charge in [-0.1, -0.05) is 170 Å². The molecule has 0 aliphatic carbocycles. The topological polar surface area (TPSA) is 58.4 Å². The third kappa shape index (κ3) is 5.66. The molecule has 0 N–H and O–H groups in total. The lowest BCUT2D eigenvalue weighted by Gasteiger charge is -2.17. The van der Waals surface area contributed by atoms with E-state index in [0.717, 1.165) is 93.9 Å². The van der Waals surface area contributed by atoms with Crippen LogP contribution in [0.2, 0.25) is 0 Å². The van der Waals surface area contributed by atoms with E-state index in [4.69, 9.17) is 15.0 Å². The third-order valence-electron chi connectivity index (χ3n) is 14.2. The van der Waals surface area contributed by atoms with Gasteiger partial charge >= 0.3 is 0 Å². The van der Waals surface area contributed by atoms with Gasteiger partial charge in [-0.25, -0.2) is 4.98 Å². The van der Waals surface area contributed by atoms with Crippen LogP contribution in [-0.2, 0) is 0 Å². The van der Waals surface area contributed by atoms with Crippen LogP contribution in [0.1, 0.15) is 0 Å². The molecule has 7 heteroatoms. The Kier molecular flexibility index (Phi) is 8.23. The van der Waals surface area contributed by atoms with Crippen molar-refractivity contribution in [3.8, 4) is 45.8 Å². The molecule has 0 amide bonds. The van der Waals surface area contributed by atoms with Gasteiger partial charge in [0.1, 0.15) is 0 Å². The van der Waals surface area contributed by atoms with E-state index in [-0.39, 0.29) is 0 Å². The number of rotatable bonds is 6. The predicted octanol–water partition coefficient (Wildman–Crippen LogP) is 15.6. The van der Waals surface area contributed by atoms with Crippen molar-refractivity contribution < 1.29 is 0 Å². The molecular weight excluding hydrogens is 855 g/mol. The lowest BCUT2D eigenvalue weighted by molar-refractivity contribution is 0.954. The summed E-state index contributed by atoms with van der Waals surface area (Å²) in [5, 5.41) is 9.41. The molecule has 5 heterocycles. The van der Waals surface area contributed by atoms with Gasteiger partial charge in [0.15, 0.2) is 11.6 Å². The molecule has 15 aromatic rings. The van der Waals surface area contributed by atoms with Gasteiger partial charge in [-0.2, -0.15) is 9.97 Å². The van der Waals surface area contributed by atoms with E-state index in [1.807, 2.05) is 36.4 Å². The zero-order valence-corrected chi connectivity index (χ0v) is 37.6. The molecule has 0 unspecified atom stereocenters. The molecule has 5 aromatic heterocycles. The molecule has 0 radical (unpaired) electrons. The van der Waals surface area contributed by atoms with Gasteiger partial charge in [0.2, 0.25) is 5.95 Å². The Morgan fingerprint density at radius 3 is 0.843 bits per heavy atom. The first-order chi connectivity index (χ1) is 34.7. The van der Waals surface area contributed by atoms with Gasteiger partial charge in [-0.3, -0.25) is 4.57 Å². The first-order valence-electron chi connectivity index (χ1n) is 23.7. The summed E-state index contributed by atoms with van der Waals surface area (Å²) < 4.78 is 9.57. The van der Waals surface area contributed by atoms with E-state index in [9.17, 15) is 0 Å². The van der Waals surface area contributed by atoms with Gasteiger partial charge in [-0.05, 0) is 66.7 Å². The number of hydrogen-bond acceptors (Lipinski definition) is 3. The molecule has 15 rings (SSSR count). The van der Waals surface area contributed by atoms with Crippen molar-refractivity contribution in [3.63, 3.8) is 0 Å². The maximum Gasteiger partial charge on any atom is 0.238 e. The monoisotopic (exact) mass is 893 g/mol. The molecule has 0 saturated carbocycles. The van der Waals surface area contributed by atoms with Crippen LogP contribution in [0.4, 0.5) is 0 Å². The smallest absolute Gasteiger partial charge is 0.238 e. The fraction of sp³-hybridized carbons (Fsp3) is 0. The van der Waals surface area contributed by atoms with E-state index >= 15 is 0 Å². The van der Waals surface area contributed by atoms with Crippen LogP contribution in [-0.4, -0.2) is 33.2 Å². The molecule has 0 fully saturated rings. The summed E-state index contributed by atoms with van der Waals surface area (Å²) in [5.74, 6) is 1.81. The van der Waals surface area contributed by atoms with Crippen LogP contribution in [0.25, 0.3) is 133 Å². The predicted molar refractivity (Wildman–Crippen MR) is 288 cm³/mol. The molecule has 7 nitrogen and oxygen atoms in total. The number of para-hydroxylation sites is 6. The summed E-state index contributed by atoms with van der Waals surface area (Å²) in [6.07, 6.45) is 0. The minimum Gasteiger partial charge on any atom is -0.309 e. The maximum atomic E-state index is 5.25. The summed E-state index contributed by atoms with van der Waals surface area (Å²) in [6.45, 7) is 0. The largest absolute Gasteiger partial charge is 0.309 e. The summed E-state index contributed by atoms with van der Waals surface area (Å²) in [6, 6.07) is 84.7. The fourth-order valence-corrected chi connectivity index (χ4v) is 11.2. The minimum absolute atomic E-state index is 0.566. The van der Waals surface area contributed by atoms with Gasteiger partial charge in [0.05, 0.1) is 61.2 Å². The Bertz CT molecular complexity index is 4300. The Morgan fingerprint density at radius 2 is 0.486 bits per heavy atom. The first-order valence-corrected chi connectivity index (χ1v) is 23.7. The summed E-state index contributed by atoms with van der Waals surface area (Å²) in [4.78, 5) is 15.6. The van der Waals surface area contributed by atoms with E-state index in [0.29, 0.717) is 17.6 Å². The van der Waals surface area contributed by atoms with Gasteiger partial charge < -0.3 is 13.7 Å². The zero-order chi connectivity index (χ0) is 45.9. The molecule has 70 heavy (non-hydrogen) atoms. The highest BCUT2D eigenvalue weighted by atomic mass is 15.2. The lowest BCUT2D eigenvalue weighted by Crippen LogP contribution is -2.06. The second-order valence-corrected chi connectivity index (χ2v) is 18.1. The second kappa shape index (κ2) is 15.0. The Morgan fingerprint density at radius 1 is 0.214 bits per heavy atom. The zero-order valence-electron chi connectivity index (χ0n) is 37.6. The molecule has 10 aromatic carbocycles. The average Bonchev–Trinajstić information content (AvgIpc) is 4.15. The van der Waals surface area contributed by atoms with E-state index in [2.05, 4.69) is 218 Å². The van der Waals surface area contributed by atoms with Crippen LogP contribution in [0.5, 0.6) is 0 Å². The average molecular weight is 894 g/mol. The van der Waals surface area contributed by atoms with E-state index < -0.39 is 0 Å². The van der Waals surface area contributed by atoms with Gasteiger partial charge in [0, 0.05) is 54.2 Å². The fourth-order valence-electron chi connectivity index (χ4n) is 11.2. The number of fused-ring (bicyclic) bond motifs is 12. The van der Waals surface area contributed by atoms with Gasteiger partial charge in [-0.15, -0.1) is 0 Å². The Balaban J connectivity index is 1.04. The molecular formula is C63H39N7. The van der Waals surface area contributed by atoms with Crippen molar-refractivity contribution in [1.29, 1.82) is 0 Å². The Labute approximate surface area is 401 Å². The molecule has 0 saturated heterocycles. The second-order valence-electron chi connectivity index (χ2n) is 18.1. The minimum atomic E-state index is 0.566. The summed E-state index contributed by atoms with van der Waals surface area (Å²) in [5.41, 5.74) is 14.0. The standard InChI is InChI=1S/C63H39N7/c1-3-19-40(20-4-1)61-64-62(41-21-5-2-6-22-41)66-63(65-61)70-58-34-18-12-28-50(58)52-38-59-51(39-60(52)70)49-27-11-17-33-57(49)69(59)44-36-42(67-53-29-13-7-23-45(53)46-24-8-14-30-54(46)67)35-43(37-44)68-55-31-15-9-25-47(55)48-26-10-16-32-56(48)68/h1-39H. The third-order valence-corrected chi connectivity index (χ3v) is 14.2. The SMILES string of the molecule is c1ccc(-c2nc(-c3ccccc3)nc(-n3c4ccccc4c4cc5c(cc43)c3ccccc3n5-c3cc(-n4c5ccccc5c5ccccc54)cc(-n4c5ccccc5c5ccccc54)c3)n2)cc1. The first kappa shape index (κ1) is 38.5. The van der Waals surface area contributed by atoms with Crippen molar-refractivity contribution >= 4 is 87.2 Å². The van der Waals surface area contributed by atoms with Crippen molar-refractivity contribution in [2.24, 2.45) is 0 Å². The maximum absolute atomic E-state index is 5.25. The summed E-state index contributed by atoms with van der Waals surface area (Å²) >= 11 is 0. The highest BCUT2D eigenvalue weighted by molar-refractivity contribution is 6.19. The van der Waals surface area contributed by atoms with E-state index in [1.165, 1.54) is 21.5 Å². The summed E-state index contributed by atoms with van der Waals surface area (Å²) in [7, 11) is 0. The Hall–Kier alpha value is -9.59. The lowest BCUT2D eigenvalue weighted by atomic mass is 10.1. The number of nitrogens with zero attached hydrogens (tertiary/aromatic N) is 7. The van der Waals surface area contributed by atoms with Crippen molar-refractivity contribution in [3.05, 3.63) is 237 Å². The highest BCUT2D eigenvalue weighted by Gasteiger charge is 2.23. The number of hydrogen-bond donors (Lipinski definition) is 0. The van der Waals surface area contributed by atoms with Gasteiger partial charge in [0.25, 0.3) is 0 Å². The molecule has 0 bridgehead atoms. The normalized spacial score (nSPS) is 12.0. The van der Waals surface area contributed by atoms with E-state index in [1.54, 1.807) is 0 Å². The molecule has 0 aliphatic rings. The quantitative estimate of drug-likeness (QED) is 0.167. The van der Waals surface area contributed by atoms with Crippen LogP contribution in [0.3, 0.4) is 0 Å².